The van der Waals surface area contributed by atoms with Gasteiger partial charge in [-0.25, -0.2) is 9.97 Å². The summed E-state index contributed by atoms with van der Waals surface area (Å²) in [6.07, 6.45) is 3.29. The Kier molecular flexibility index (Phi) is 6.61. The van der Waals surface area contributed by atoms with Gasteiger partial charge in [0.15, 0.2) is 0 Å². The molecule has 0 spiro atoms. The highest BCUT2D eigenvalue weighted by Crippen LogP contribution is 2.38. The first kappa shape index (κ1) is 24.9. The van der Waals surface area contributed by atoms with Crippen molar-refractivity contribution in [2.75, 3.05) is 18.5 Å². The third-order valence-electron chi connectivity index (χ3n) is 7.33. The Morgan fingerprint density at radius 2 is 1.75 bits per heavy atom. The Morgan fingerprint density at radius 3 is 2.42 bits per heavy atom. The van der Waals surface area contributed by atoms with Crippen LogP contribution in [0.15, 0.2) is 30.6 Å². The maximum Gasteiger partial charge on any atom is 0.494 e. The van der Waals surface area contributed by atoms with Gasteiger partial charge in [-0.2, -0.15) is 10.2 Å². The van der Waals surface area contributed by atoms with Crippen LogP contribution in [0, 0.1) is 6.92 Å². The quantitative estimate of drug-likeness (QED) is 0.517. The molecule has 9 nitrogen and oxygen atoms in total. The van der Waals surface area contributed by atoms with E-state index in [1.54, 1.807) is 6.33 Å². The minimum atomic E-state index is -0.537. The lowest BCUT2D eigenvalue weighted by Gasteiger charge is -2.32. The van der Waals surface area contributed by atoms with Gasteiger partial charge in [0, 0.05) is 18.2 Å². The van der Waals surface area contributed by atoms with Gasteiger partial charge in [-0.3, -0.25) is 0 Å². The van der Waals surface area contributed by atoms with Crippen molar-refractivity contribution in [1.29, 1.82) is 0 Å². The Morgan fingerprint density at radius 1 is 1.03 bits per heavy atom. The van der Waals surface area contributed by atoms with Gasteiger partial charge < -0.3 is 24.1 Å². The Labute approximate surface area is 212 Å². The van der Waals surface area contributed by atoms with Gasteiger partial charge in [-0.15, -0.1) is 0 Å². The number of anilines is 1. The second-order valence-corrected chi connectivity index (χ2v) is 10.6. The van der Waals surface area contributed by atoms with Gasteiger partial charge in [-0.05, 0) is 71.3 Å². The predicted octanol–water partition coefficient (Wildman–Crippen LogP) is 3.76. The van der Waals surface area contributed by atoms with Gasteiger partial charge in [-0.1, -0.05) is 0 Å². The number of aromatic nitrogens is 4. The third kappa shape index (κ3) is 4.90. The van der Waals surface area contributed by atoms with E-state index in [4.69, 9.17) is 18.8 Å². The molecule has 0 amide bonds. The molecule has 2 aromatic heterocycles. The molecular formula is C26H34BN5O4. The first-order valence-corrected chi connectivity index (χ1v) is 12.6. The lowest BCUT2D eigenvalue weighted by molar-refractivity contribution is 0.00578. The molecule has 1 atom stereocenters. The van der Waals surface area contributed by atoms with E-state index >= 15 is 0 Å². The Bertz CT molecular complexity index is 1210. The molecule has 10 heteroatoms. The van der Waals surface area contributed by atoms with Crippen molar-refractivity contribution in [3.8, 4) is 5.75 Å². The van der Waals surface area contributed by atoms with Crippen molar-refractivity contribution >= 4 is 29.3 Å². The van der Waals surface area contributed by atoms with E-state index in [2.05, 4.69) is 25.5 Å². The molecule has 0 bridgehead atoms. The topological polar surface area (TPSA) is 101 Å². The molecule has 0 radical (unpaired) electrons. The summed E-state index contributed by atoms with van der Waals surface area (Å²) < 4.78 is 24.8. The molecular weight excluding hydrogens is 457 g/mol. The summed E-state index contributed by atoms with van der Waals surface area (Å²) in [6, 6.07) is 7.83. The average molecular weight is 491 g/mol. The highest BCUT2D eigenvalue weighted by atomic mass is 16.7. The molecule has 3 aromatic rings. The smallest absolute Gasteiger partial charge is 0.488 e. The molecule has 2 aliphatic rings. The maximum absolute atomic E-state index is 6.50. The van der Waals surface area contributed by atoms with E-state index < -0.39 is 18.3 Å². The summed E-state index contributed by atoms with van der Waals surface area (Å²) in [5.41, 5.74) is 2.39. The number of rotatable bonds is 6. The van der Waals surface area contributed by atoms with Gasteiger partial charge in [0.05, 0.1) is 41.8 Å². The number of aryl methyl sites for hydroxylation is 1. The molecule has 1 aromatic carbocycles. The lowest BCUT2D eigenvalue weighted by atomic mass is 9.78. The van der Waals surface area contributed by atoms with Crippen LogP contribution < -0.4 is 15.5 Å². The molecule has 36 heavy (non-hydrogen) atoms. The second-order valence-electron chi connectivity index (χ2n) is 10.6. The lowest BCUT2D eigenvalue weighted by Crippen LogP contribution is -2.41. The first-order valence-electron chi connectivity index (χ1n) is 12.6. The van der Waals surface area contributed by atoms with Crippen LogP contribution in [0.4, 0.5) is 5.82 Å². The number of hydrogen-bond acceptors (Lipinski definition) is 9. The van der Waals surface area contributed by atoms with E-state index in [0.717, 1.165) is 40.6 Å². The van der Waals surface area contributed by atoms with Gasteiger partial charge in [0.25, 0.3) is 0 Å². The predicted molar refractivity (Wildman–Crippen MR) is 139 cm³/mol. The molecule has 2 saturated heterocycles. The number of nitrogens with one attached hydrogen (secondary N) is 1. The van der Waals surface area contributed by atoms with Crippen LogP contribution in [0.2, 0.25) is 0 Å². The highest BCUT2D eigenvalue weighted by Gasteiger charge is 2.52. The van der Waals surface area contributed by atoms with E-state index in [1.165, 1.54) is 0 Å². The van der Waals surface area contributed by atoms with Gasteiger partial charge in [0.2, 0.25) is 0 Å². The molecule has 190 valence electrons. The first-order chi connectivity index (χ1) is 17.1. The van der Waals surface area contributed by atoms with E-state index in [0.29, 0.717) is 24.8 Å². The average Bonchev–Trinajstić information content (AvgIpc) is 3.07. The number of nitrogens with zero attached hydrogens (tertiary/aromatic N) is 4. The molecule has 5 rings (SSSR count). The van der Waals surface area contributed by atoms with E-state index in [9.17, 15) is 0 Å². The van der Waals surface area contributed by atoms with E-state index in [-0.39, 0.29) is 12.1 Å². The van der Waals surface area contributed by atoms with Crippen LogP contribution >= 0.6 is 0 Å². The van der Waals surface area contributed by atoms with Crippen molar-refractivity contribution in [1.82, 2.24) is 20.2 Å². The second kappa shape index (κ2) is 9.57. The molecule has 2 fully saturated rings. The van der Waals surface area contributed by atoms with Crippen molar-refractivity contribution in [2.45, 2.75) is 77.7 Å². The van der Waals surface area contributed by atoms with Crippen molar-refractivity contribution in [3.63, 3.8) is 0 Å². The summed E-state index contributed by atoms with van der Waals surface area (Å²) in [7, 11) is -0.537. The zero-order valence-electron chi connectivity index (χ0n) is 21.9. The molecule has 0 saturated carbocycles. The minimum Gasteiger partial charge on any atom is -0.488 e. The molecule has 1 unspecified atom stereocenters. The highest BCUT2D eigenvalue weighted by molar-refractivity contribution is 6.62. The summed E-state index contributed by atoms with van der Waals surface area (Å²) in [4.78, 5) is 9.18. The van der Waals surface area contributed by atoms with Crippen molar-refractivity contribution in [2.24, 2.45) is 0 Å². The summed E-state index contributed by atoms with van der Waals surface area (Å²) >= 11 is 0. The van der Waals surface area contributed by atoms with Crippen LogP contribution in [0.3, 0.4) is 0 Å². The third-order valence-corrected chi connectivity index (χ3v) is 7.33. The van der Waals surface area contributed by atoms with Crippen LogP contribution in [0.25, 0.3) is 10.9 Å². The minimum absolute atomic E-state index is 0.0589. The largest absolute Gasteiger partial charge is 0.494 e. The zero-order chi connectivity index (χ0) is 25.5. The number of benzene rings is 1. The molecule has 1 N–H and O–H groups in total. The fourth-order valence-electron chi connectivity index (χ4n) is 4.37. The van der Waals surface area contributed by atoms with Crippen molar-refractivity contribution in [3.05, 3.63) is 42.0 Å². The molecule has 0 aliphatic carbocycles. The standard InChI is InChI=1S/C26H34BN5O4/c1-16-7-8-21(32-31-16)17(2)30-24-20-13-18(27-35-25(3,4)26(5,6)36-27)14-22(23(20)28-15-29-24)34-19-9-11-33-12-10-19/h7-8,13-15,17,19H,9-12H2,1-6H3,(H,28,29,30). The SMILES string of the molecule is Cc1ccc(C(C)Nc2ncnc3c(OC4CCOCC4)cc(B4OC(C)(C)C(C)(C)O4)cc23)nn1. The summed E-state index contributed by atoms with van der Waals surface area (Å²) in [5.74, 6) is 1.38. The van der Waals surface area contributed by atoms with Gasteiger partial charge >= 0.3 is 7.12 Å². The monoisotopic (exact) mass is 491 g/mol. The number of fused-ring (bicyclic) bond motifs is 1. The van der Waals surface area contributed by atoms with Crippen LogP contribution in [-0.4, -0.2) is 57.8 Å². The fraction of sp³-hybridized carbons (Fsp3) is 0.538. The zero-order valence-corrected chi connectivity index (χ0v) is 21.9. The maximum atomic E-state index is 6.50. The fourth-order valence-corrected chi connectivity index (χ4v) is 4.37. The summed E-state index contributed by atoms with van der Waals surface area (Å²) in [5, 5.41) is 12.8. The molecule has 2 aliphatic heterocycles. The van der Waals surface area contributed by atoms with Crippen molar-refractivity contribution < 1.29 is 18.8 Å². The molecule has 4 heterocycles. The van der Waals surface area contributed by atoms with Crippen LogP contribution in [-0.2, 0) is 14.0 Å². The number of hydrogen-bond donors (Lipinski definition) is 1. The van der Waals surface area contributed by atoms with Gasteiger partial charge in [0.1, 0.15) is 29.5 Å². The van der Waals surface area contributed by atoms with E-state index in [1.807, 2.05) is 65.8 Å². The van der Waals surface area contributed by atoms with Crippen LogP contribution in [0.1, 0.15) is 64.9 Å². The number of ether oxygens (including phenoxy) is 2. The Hall–Kier alpha value is -2.82. The van der Waals surface area contributed by atoms with Crippen LogP contribution in [0.5, 0.6) is 5.75 Å². The Balaban J connectivity index is 1.55. The normalized spacial score (nSPS) is 20.4. The summed E-state index contributed by atoms with van der Waals surface area (Å²) in [6.45, 7) is 13.5.